The third kappa shape index (κ3) is 4.21. The second-order valence-electron chi connectivity index (χ2n) is 8.71. The first-order valence-corrected chi connectivity index (χ1v) is 11.4. The van der Waals surface area contributed by atoms with Crippen molar-refractivity contribution in [2.45, 2.75) is 18.4 Å². The Bertz CT molecular complexity index is 1380. The summed E-state index contributed by atoms with van der Waals surface area (Å²) < 4.78 is 12.8. The minimum absolute atomic E-state index is 0.0954. The van der Waals surface area contributed by atoms with Crippen LogP contribution in [0, 0.1) is 0 Å². The molecule has 1 amide bonds. The van der Waals surface area contributed by atoms with Gasteiger partial charge >= 0.3 is 12.1 Å². The molecular formula is C28H26N2O5. The fraction of sp³-hybridized carbons (Fsp3) is 0.214. The molecule has 0 saturated carbocycles. The number of amides is 1. The summed E-state index contributed by atoms with van der Waals surface area (Å²) in [5.74, 6) is -0.540. The highest BCUT2D eigenvalue weighted by Crippen LogP contribution is 2.44. The number of carboxylic acids is 1. The number of benzene rings is 3. The molecule has 2 N–H and O–H groups in total. The molecule has 0 fully saturated rings. The van der Waals surface area contributed by atoms with E-state index in [0.717, 1.165) is 38.7 Å². The number of nitrogens with zero attached hydrogens (tertiary/aromatic N) is 1. The zero-order chi connectivity index (χ0) is 24.5. The van der Waals surface area contributed by atoms with Gasteiger partial charge in [-0.2, -0.15) is 0 Å². The van der Waals surface area contributed by atoms with E-state index >= 15 is 0 Å². The third-order valence-corrected chi connectivity index (χ3v) is 6.64. The highest BCUT2D eigenvalue weighted by Gasteiger charge is 2.30. The highest BCUT2D eigenvalue weighted by atomic mass is 16.5. The summed E-state index contributed by atoms with van der Waals surface area (Å²) in [7, 11) is 3.48. The Morgan fingerprint density at radius 1 is 1.03 bits per heavy atom. The van der Waals surface area contributed by atoms with Crippen molar-refractivity contribution in [2.75, 3.05) is 13.7 Å². The number of methoxy groups -OCH3 is 1. The number of nitrogens with one attached hydrogen (secondary N) is 1. The SMILES string of the molecule is COc1ccc2c(c1)c(CC(NC(=O)OCC1c3ccccc3-c3ccccc31)C(=O)O)cn2C. The molecular weight excluding hydrogens is 444 g/mol. The van der Waals surface area contributed by atoms with E-state index in [1.54, 1.807) is 7.11 Å². The van der Waals surface area contributed by atoms with Crippen molar-refractivity contribution in [1.29, 1.82) is 0 Å². The minimum atomic E-state index is -1.14. The van der Waals surface area contributed by atoms with Crippen molar-refractivity contribution < 1.29 is 24.2 Å². The number of ether oxygens (including phenoxy) is 2. The largest absolute Gasteiger partial charge is 0.497 e. The van der Waals surface area contributed by atoms with Crippen LogP contribution in [0.3, 0.4) is 0 Å². The number of carbonyl (C=O) groups excluding carboxylic acids is 1. The quantitative estimate of drug-likeness (QED) is 0.408. The van der Waals surface area contributed by atoms with Crippen LogP contribution >= 0.6 is 0 Å². The number of fused-ring (bicyclic) bond motifs is 4. The minimum Gasteiger partial charge on any atom is -0.497 e. The van der Waals surface area contributed by atoms with Crippen molar-refractivity contribution in [3.63, 3.8) is 0 Å². The Morgan fingerprint density at radius 2 is 1.69 bits per heavy atom. The number of hydrogen-bond donors (Lipinski definition) is 2. The lowest BCUT2D eigenvalue weighted by atomic mass is 9.98. The van der Waals surface area contributed by atoms with Gasteiger partial charge in [0.05, 0.1) is 7.11 Å². The normalized spacial score (nSPS) is 13.2. The zero-order valence-corrected chi connectivity index (χ0v) is 19.5. The summed E-state index contributed by atoms with van der Waals surface area (Å²) in [4.78, 5) is 24.7. The lowest BCUT2D eigenvalue weighted by Gasteiger charge is -2.17. The molecule has 0 radical (unpaired) electrons. The van der Waals surface area contributed by atoms with Gasteiger partial charge in [-0.05, 0) is 46.0 Å². The average molecular weight is 471 g/mol. The highest BCUT2D eigenvalue weighted by molar-refractivity contribution is 5.87. The number of carbonyl (C=O) groups is 2. The molecule has 0 saturated heterocycles. The number of alkyl carbamates (subject to hydrolysis) is 1. The predicted molar refractivity (Wildman–Crippen MR) is 133 cm³/mol. The maximum Gasteiger partial charge on any atom is 0.407 e. The van der Waals surface area contributed by atoms with Crippen LogP contribution < -0.4 is 10.1 Å². The molecule has 35 heavy (non-hydrogen) atoms. The molecule has 0 aliphatic heterocycles. The predicted octanol–water partition coefficient (Wildman–Crippen LogP) is 4.72. The summed E-state index contributed by atoms with van der Waals surface area (Å²) in [6.45, 7) is 0.123. The summed E-state index contributed by atoms with van der Waals surface area (Å²) in [6, 6.07) is 20.6. The number of aliphatic carboxylic acids is 1. The van der Waals surface area contributed by atoms with E-state index in [9.17, 15) is 14.7 Å². The molecule has 0 bridgehead atoms. The van der Waals surface area contributed by atoms with Crippen molar-refractivity contribution >= 4 is 23.0 Å². The standard InChI is InChI=1S/C28H26N2O5/c1-30-15-17(23-14-18(34-2)11-12-26(23)30)13-25(27(31)32)29-28(33)35-16-24-21-9-5-3-7-19(21)20-8-4-6-10-22(20)24/h3-12,14-15,24-25H,13,16H2,1-2H3,(H,29,33)(H,31,32). The Labute approximate surface area is 202 Å². The molecule has 1 aliphatic rings. The van der Waals surface area contributed by atoms with Crippen molar-refractivity contribution in [3.05, 3.63) is 89.6 Å². The van der Waals surface area contributed by atoms with Crippen molar-refractivity contribution in [3.8, 4) is 16.9 Å². The maximum atomic E-state index is 12.7. The maximum absolute atomic E-state index is 12.7. The first kappa shape index (κ1) is 22.5. The molecule has 5 rings (SSSR count). The van der Waals surface area contributed by atoms with Gasteiger partial charge in [-0.15, -0.1) is 0 Å². The number of rotatable bonds is 7. The van der Waals surface area contributed by atoms with Crippen LogP contribution in [-0.2, 0) is 23.0 Å². The fourth-order valence-corrected chi connectivity index (χ4v) is 4.94. The Balaban J connectivity index is 1.30. The summed E-state index contributed by atoms with van der Waals surface area (Å²) in [5.41, 5.74) is 6.21. The lowest BCUT2D eigenvalue weighted by Crippen LogP contribution is -2.42. The smallest absolute Gasteiger partial charge is 0.407 e. The van der Waals surface area contributed by atoms with Gasteiger partial charge in [0.25, 0.3) is 0 Å². The van der Waals surface area contributed by atoms with E-state index in [2.05, 4.69) is 17.4 Å². The number of aromatic nitrogens is 1. The summed E-state index contributed by atoms with van der Waals surface area (Å²) in [6.07, 6.45) is 1.24. The van der Waals surface area contributed by atoms with Crippen molar-refractivity contribution in [2.24, 2.45) is 7.05 Å². The fourth-order valence-electron chi connectivity index (χ4n) is 4.94. The number of aryl methyl sites for hydroxylation is 1. The Kier molecular flexibility index (Phi) is 5.91. The third-order valence-electron chi connectivity index (χ3n) is 6.64. The van der Waals surface area contributed by atoms with Crippen LogP contribution in [0.2, 0.25) is 0 Å². The van der Waals surface area contributed by atoms with Gasteiger partial charge in [0, 0.05) is 36.5 Å². The van der Waals surface area contributed by atoms with E-state index in [4.69, 9.17) is 9.47 Å². The molecule has 1 atom stereocenters. The molecule has 7 heteroatoms. The van der Waals surface area contributed by atoms with E-state index in [-0.39, 0.29) is 18.9 Å². The molecule has 3 aromatic carbocycles. The van der Waals surface area contributed by atoms with Crippen LogP contribution in [0.1, 0.15) is 22.6 Å². The van der Waals surface area contributed by atoms with Crippen LogP contribution in [0.15, 0.2) is 72.9 Å². The molecule has 4 aromatic rings. The molecule has 1 aliphatic carbocycles. The molecule has 1 aromatic heterocycles. The second kappa shape index (κ2) is 9.18. The van der Waals surface area contributed by atoms with E-state index < -0.39 is 18.1 Å². The lowest BCUT2D eigenvalue weighted by molar-refractivity contribution is -0.139. The monoisotopic (exact) mass is 470 g/mol. The molecule has 7 nitrogen and oxygen atoms in total. The van der Waals surface area contributed by atoms with Crippen molar-refractivity contribution in [1.82, 2.24) is 9.88 Å². The molecule has 1 unspecified atom stereocenters. The molecule has 1 heterocycles. The first-order valence-electron chi connectivity index (χ1n) is 11.4. The van der Waals surface area contributed by atoms with Gasteiger partial charge in [0.2, 0.25) is 0 Å². The van der Waals surface area contributed by atoms with Gasteiger partial charge < -0.3 is 24.5 Å². The topological polar surface area (TPSA) is 89.8 Å². The van der Waals surface area contributed by atoms with Gasteiger partial charge in [0.15, 0.2) is 0 Å². The Hall–Kier alpha value is -4.26. The number of carboxylic acid groups (broad SMARTS) is 1. The Morgan fingerprint density at radius 3 is 2.31 bits per heavy atom. The van der Waals surface area contributed by atoms with Crippen LogP contribution in [0.4, 0.5) is 4.79 Å². The van der Waals surface area contributed by atoms with E-state index in [0.29, 0.717) is 5.75 Å². The van der Waals surface area contributed by atoms with Crippen LogP contribution in [-0.4, -0.2) is 41.5 Å². The second-order valence-corrected chi connectivity index (χ2v) is 8.71. The number of hydrogen-bond acceptors (Lipinski definition) is 4. The average Bonchev–Trinajstić information content (AvgIpc) is 3.36. The van der Waals surface area contributed by atoms with Gasteiger partial charge in [-0.25, -0.2) is 9.59 Å². The van der Waals surface area contributed by atoms with Gasteiger partial charge in [-0.3, -0.25) is 0 Å². The van der Waals surface area contributed by atoms with E-state index in [1.807, 2.05) is 72.4 Å². The molecule has 178 valence electrons. The van der Waals surface area contributed by atoms with E-state index in [1.165, 1.54) is 0 Å². The summed E-state index contributed by atoms with van der Waals surface area (Å²) >= 11 is 0. The van der Waals surface area contributed by atoms with Gasteiger partial charge in [0.1, 0.15) is 18.4 Å². The van der Waals surface area contributed by atoms with Gasteiger partial charge in [-0.1, -0.05) is 48.5 Å². The zero-order valence-electron chi connectivity index (χ0n) is 19.5. The summed E-state index contributed by atoms with van der Waals surface area (Å²) in [5, 5.41) is 13.2. The first-order chi connectivity index (χ1) is 17.0. The van der Waals surface area contributed by atoms with Crippen LogP contribution in [0.5, 0.6) is 5.75 Å². The molecule has 0 spiro atoms. The van der Waals surface area contributed by atoms with Crippen LogP contribution in [0.25, 0.3) is 22.0 Å².